The minimum absolute atomic E-state index is 0.0989. The van der Waals surface area contributed by atoms with E-state index in [0.29, 0.717) is 25.7 Å². The van der Waals surface area contributed by atoms with Crippen LogP contribution in [0, 0.1) is 11.8 Å². The molecule has 17 nitrogen and oxygen atoms in total. The number of rotatable bonds is 71. The van der Waals surface area contributed by atoms with E-state index in [1.165, 1.54) is 180 Å². The number of unbranched alkanes of at least 4 members (excludes halogenated alkanes) is 40. The third-order valence-corrected chi connectivity index (χ3v) is 19.0. The molecule has 0 aromatic carbocycles. The van der Waals surface area contributed by atoms with Crippen LogP contribution in [0.1, 0.15) is 369 Å². The van der Waals surface area contributed by atoms with Gasteiger partial charge in [-0.25, -0.2) is 9.13 Å². The summed E-state index contributed by atoms with van der Waals surface area (Å²) in [5, 5.41) is 10.5. The maximum Gasteiger partial charge on any atom is 0.472 e. The minimum Gasteiger partial charge on any atom is -0.462 e. The predicted octanol–water partition coefficient (Wildman–Crippen LogP) is 20.8. The smallest absolute Gasteiger partial charge is 0.462 e. The molecule has 0 amide bonds. The molecule has 0 spiro atoms. The van der Waals surface area contributed by atoms with Crippen LogP contribution in [0.4, 0.5) is 0 Å². The predicted molar refractivity (Wildman–Crippen MR) is 368 cm³/mol. The van der Waals surface area contributed by atoms with Crippen molar-refractivity contribution >= 4 is 39.5 Å². The second-order valence-corrected chi connectivity index (χ2v) is 29.6. The van der Waals surface area contributed by atoms with E-state index in [2.05, 4.69) is 41.5 Å². The Bertz CT molecular complexity index is 1770. The highest BCUT2D eigenvalue weighted by Gasteiger charge is 2.30. The Hall–Kier alpha value is -1.94. The summed E-state index contributed by atoms with van der Waals surface area (Å²) < 4.78 is 67.8. The van der Waals surface area contributed by atoms with Gasteiger partial charge in [0.2, 0.25) is 0 Å². The van der Waals surface area contributed by atoms with E-state index in [-0.39, 0.29) is 25.7 Å². The summed E-state index contributed by atoms with van der Waals surface area (Å²) in [6.45, 7) is 9.47. The first-order valence-electron chi connectivity index (χ1n) is 37.5. The molecule has 540 valence electrons. The standard InChI is InChI=1S/C72H140O17P2/c1-7-10-12-40-48-54-69(74)82-60-67(88-71(76)56-50-41-13-11-8-2)62-86-90(78,79)84-58-66(73)59-85-91(80,81)87-63-68(61-83-70(75)55-49-44-38-34-30-26-22-19-18-20-24-28-32-36-42-46-52-64(4)5)89-72(77)57-51-45-39-35-31-27-23-17-15-14-16-21-25-29-33-37-43-47-53-65(6)9-3/h64-68,73H,7-63H2,1-6H3,(H,78,79)(H,80,81)/t65?,66-,67+,68+/m0/s1. The van der Waals surface area contributed by atoms with Crippen LogP contribution in [-0.2, 0) is 65.4 Å². The fraction of sp³-hybridized carbons (Fsp3) is 0.944. The summed E-state index contributed by atoms with van der Waals surface area (Å²) in [4.78, 5) is 72.0. The molecule has 0 aromatic heterocycles. The van der Waals surface area contributed by atoms with Gasteiger partial charge in [0.25, 0.3) is 0 Å². The summed E-state index contributed by atoms with van der Waals surface area (Å²) in [7, 11) is -9.88. The third-order valence-electron chi connectivity index (χ3n) is 17.1. The van der Waals surface area contributed by atoms with Crippen LogP contribution in [0.15, 0.2) is 0 Å². The second-order valence-electron chi connectivity index (χ2n) is 26.7. The molecule has 0 heterocycles. The third kappa shape index (κ3) is 65.1. The lowest BCUT2D eigenvalue weighted by Gasteiger charge is -2.21. The van der Waals surface area contributed by atoms with Gasteiger partial charge >= 0.3 is 39.5 Å². The van der Waals surface area contributed by atoms with Crippen molar-refractivity contribution in [2.75, 3.05) is 39.6 Å². The molecule has 0 saturated heterocycles. The minimum atomic E-state index is -4.95. The normalized spacial score (nSPS) is 14.4. The van der Waals surface area contributed by atoms with Gasteiger partial charge in [-0.2, -0.15) is 0 Å². The molecule has 0 bridgehead atoms. The highest BCUT2D eigenvalue weighted by molar-refractivity contribution is 7.47. The molecule has 0 aliphatic heterocycles. The second kappa shape index (κ2) is 64.1. The number of aliphatic hydroxyl groups is 1. The van der Waals surface area contributed by atoms with Crippen molar-refractivity contribution in [2.24, 2.45) is 11.8 Å². The van der Waals surface area contributed by atoms with Crippen molar-refractivity contribution in [1.82, 2.24) is 0 Å². The molecule has 91 heavy (non-hydrogen) atoms. The quantitative estimate of drug-likeness (QED) is 0.0222. The zero-order chi connectivity index (χ0) is 67.2. The monoisotopic (exact) mass is 1340 g/mol. The van der Waals surface area contributed by atoms with E-state index >= 15 is 0 Å². The molecule has 0 aliphatic carbocycles. The van der Waals surface area contributed by atoms with Crippen molar-refractivity contribution in [3.05, 3.63) is 0 Å². The molecule has 0 aromatic rings. The Morgan fingerprint density at radius 3 is 0.835 bits per heavy atom. The van der Waals surface area contributed by atoms with E-state index in [1.54, 1.807) is 0 Å². The molecule has 3 unspecified atom stereocenters. The molecule has 0 rings (SSSR count). The molecule has 0 radical (unpaired) electrons. The van der Waals surface area contributed by atoms with Crippen molar-refractivity contribution in [3.63, 3.8) is 0 Å². The summed E-state index contributed by atoms with van der Waals surface area (Å²) >= 11 is 0. The number of carbonyl (C=O) groups is 4. The average Bonchev–Trinajstić information content (AvgIpc) is 3.58. The number of hydrogen-bond acceptors (Lipinski definition) is 15. The zero-order valence-corrected chi connectivity index (χ0v) is 60.9. The number of ether oxygens (including phenoxy) is 4. The molecule has 0 fully saturated rings. The number of aliphatic hydroxyl groups excluding tert-OH is 1. The van der Waals surface area contributed by atoms with Gasteiger partial charge < -0.3 is 33.8 Å². The summed E-state index contributed by atoms with van der Waals surface area (Å²) in [6.07, 6.45) is 51.0. The average molecular weight is 1340 g/mol. The van der Waals surface area contributed by atoms with Gasteiger partial charge in [-0.1, -0.05) is 318 Å². The fourth-order valence-corrected chi connectivity index (χ4v) is 12.5. The number of phosphoric ester groups is 2. The number of esters is 4. The van der Waals surface area contributed by atoms with Crippen molar-refractivity contribution in [2.45, 2.75) is 387 Å². The number of carbonyl (C=O) groups excluding carboxylic acids is 4. The molecule has 6 atom stereocenters. The molecule has 3 N–H and O–H groups in total. The first kappa shape index (κ1) is 89.1. The van der Waals surface area contributed by atoms with Crippen molar-refractivity contribution in [1.29, 1.82) is 0 Å². The zero-order valence-electron chi connectivity index (χ0n) is 59.1. The number of hydrogen-bond donors (Lipinski definition) is 3. The first-order chi connectivity index (χ1) is 43.9. The van der Waals surface area contributed by atoms with Crippen LogP contribution in [-0.4, -0.2) is 96.7 Å². The van der Waals surface area contributed by atoms with Gasteiger partial charge in [0.15, 0.2) is 12.2 Å². The molecular weight excluding hydrogens is 1200 g/mol. The highest BCUT2D eigenvalue weighted by Crippen LogP contribution is 2.45. The van der Waals surface area contributed by atoms with Crippen LogP contribution < -0.4 is 0 Å². The number of phosphoric acid groups is 2. The molecular formula is C72H140O17P2. The van der Waals surface area contributed by atoms with E-state index in [0.717, 1.165) is 108 Å². The summed E-state index contributed by atoms with van der Waals surface area (Å²) in [5.41, 5.74) is 0. The van der Waals surface area contributed by atoms with Gasteiger partial charge in [-0.3, -0.25) is 37.3 Å². The van der Waals surface area contributed by atoms with Gasteiger partial charge in [0.05, 0.1) is 26.4 Å². The molecule has 0 saturated carbocycles. The van der Waals surface area contributed by atoms with E-state index in [1.807, 2.05) is 0 Å². The largest absolute Gasteiger partial charge is 0.472 e. The fourth-order valence-electron chi connectivity index (χ4n) is 10.9. The van der Waals surface area contributed by atoms with Crippen LogP contribution in [0.3, 0.4) is 0 Å². The van der Waals surface area contributed by atoms with Crippen LogP contribution >= 0.6 is 15.6 Å². The van der Waals surface area contributed by atoms with Gasteiger partial charge in [-0.15, -0.1) is 0 Å². The summed E-state index contributed by atoms with van der Waals surface area (Å²) in [5.74, 6) is -0.463. The van der Waals surface area contributed by atoms with Crippen molar-refractivity contribution < 1.29 is 80.2 Å². The SMILES string of the molecule is CCCCCCCC(=O)OC[C@H](COP(=O)(O)OC[C@H](O)COP(=O)(O)OC[C@@H](COC(=O)CCCCCCCCCCCCCCCCCCC(C)C)OC(=O)CCCCCCCCCCCCCCCCCCCCC(C)CC)OC(=O)CCCCCCC. The highest BCUT2D eigenvalue weighted by atomic mass is 31.2. The Morgan fingerprint density at radius 1 is 0.319 bits per heavy atom. The molecule has 0 aliphatic rings. The lowest BCUT2D eigenvalue weighted by Crippen LogP contribution is -2.30. The Kier molecular flexibility index (Phi) is 62.7. The van der Waals surface area contributed by atoms with Crippen LogP contribution in [0.5, 0.6) is 0 Å². The maximum atomic E-state index is 13.1. The van der Waals surface area contributed by atoms with E-state index in [4.69, 9.17) is 37.0 Å². The van der Waals surface area contributed by atoms with E-state index in [9.17, 15) is 43.2 Å². The van der Waals surface area contributed by atoms with Gasteiger partial charge in [-0.05, 0) is 37.5 Å². The topological polar surface area (TPSA) is 237 Å². The van der Waals surface area contributed by atoms with Crippen molar-refractivity contribution in [3.8, 4) is 0 Å². The van der Waals surface area contributed by atoms with Gasteiger partial charge in [0, 0.05) is 25.7 Å². The van der Waals surface area contributed by atoms with Crippen LogP contribution in [0.25, 0.3) is 0 Å². The Balaban J connectivity index is 5.02. The van der Waals surface area contributed by atoms with Crippen LogP contribution in [0.2, 0.25) is 0 Å². The summed E-state index contributed by atoms with van der Waals surface area (Å²) in [6, 6.07) is 0. The Labute approximate surface area is 556 Å². The van der Waals surface area contributed by atoms with Gasteiger partial charge in [0.1, 0.15) is 19.3 Å². The lowest BCUT2D eigenvalue weighted by atomic mass is 9.99. The Morgan fingerprint density at radius 2 is 0.560 bits per heavy atom. The maximum absolute atomic E-state index is 13.1. The first-order valence-corrected chi connectivity index (χ1v) is 40.5. The van der Waals surface area contributed by atoms with E-state index < -0.39 is 97.5 Å². The molecule has 19 heteroatoms. The lowest BCUT2D eigenvalue weighted by molar-refractivity contribution is -0.161.